The first-order chi connectivity index (χ1) is 13.3. The predicted molar refractivity (Wildman–Crippen MR) is 97.4 cm³/mol. The summed E-state index contributed by atoms with van der Waals surface area (Å²) in [5.74, 6) is -3.16. The first-order valence-corrected chi connectivity index (χ1v) is 9.72. The zero-order valence-corrected chi connectivity index (χ0v) is 16.1. The Morgan fingerprint density at radius 1 is 1.18 bits per heavy atom. The lowest BCUT2D eigenvalue weighted by atomic mass is 9.77. The van der Waals surface area contributed by atoms with E-state index >= 15 is 0 Å². The van der Waals surface area contributed by atoms with Crippen LogP contribution in [0.25, 0.3) is 0 Å². The monoisotopic (exact) mass is 393 g/mol. The van der Waals surface area contributed by atoms with Gasteiger partial charge in [-0.25, -0.2) is 8.78 Å². The van der Waals surface area contributed by atoms with Crippen LogP contribution >= 0.6 is 0 Å². The highest BCUT2D eigenvalue weighted by molar-refractivity contribution is 5.98. The molecule has 1 saturated heterocycles. The molecular weight excluding hydrogens is 368 g/mol. The van der Waals surface area contributed by atoms with E-state index in [0.29, 0.717) is 18.4 Å². The highest BCUT2D eigenvalue weighted by atomic mass is 19.2. The molecule has 0 radical (unpaired) electrons. The van der Waals surface area contributed by atoms with Crippen molar-refractivity contribution in [2.24, 2.45) is 17.8 Å². The first-order valence-electron chi connectivity index (χ1n) is 9.72. The highest BCUT2D eigenvalue weighted by Gasteiger charge is 2.42. The standard InChI is InChI=1S/C21H25F2NO4/c1-12-4-3-5-18(13(12)2)24-10-15(9-20(24)26)21(27)28-11-19(25)14-6-7-16(22)17(23)8-14/h6-8,12-13,15,18H,3-5,9-11H2,1-2H3/t12-,13+,15+,18+/m0/s1. The molecule has 1 aliphatic heterocycles. The molecule has 0 N–H and O–H groups in total. The van der Waals surface area contributed by atoms with Gasteiger partial charge in [-0.15, -0.1) is 0 Å². The van der Waals surface area contributed by atoms with Crippen LogP contribution in [0.5, 0.6) is 0 Å². The molecule has 28 heavy (non-hydrogen) atoms. The van der Waals surface area contributed by atoms with Crippen LogP contribution < -0.4 is 0 Å². The SMILES string of the molecule is C[C@H]1[C@H](N2C[C@H](C(=O)OCC(=O)c3ccc(F)c(F)c3)CC2=O)CCC[C@@H]1C. The van der Waals surface area contributed by atoms with E-state index in [1.807, 2.05) is 0 Å². The molecule has 0 aromatic heterocycles. The Hall–Kier alpha value is -2.31. The van der Waals surface area contributed by atoms with Gasteiger partial charge in [0.1, 0.15) is 0 Å². The van der Waals surface area contributed by atoms with Gasteiger partial charge in [0.05, 0.1) is 5.92 Å². The van der Waals surface area contributed by atoms with Crippen LogP contribution in [-0.4, -0.2) is 41.8 Å². The van der Waals surface area contributed by atoms with Crippen molar-refractivity contribution in [3.05, 3.63) is 35.4 Å². The van der Waals surface area contributed by atoms with E-state index in [9.17, 15) is 23.2 Å². The topological polar surface area (TPSA) is 63.7 Å². The van der Waals surface area contributed by atoms with E-state index in [4.69, 9.17) is 4.74 Å². The third kappa shape index (κ3) is 4.23. The number of Topliss-reactive ketones (excluding diaryl/α,β-unsaturated/α-hetero) is 1. The molecule has 1 heterocycles. The second kappa shape index (κ2) is 8.37. The molecule has 2 fully saturated rings. The number of ether oxygens (including phenoxy) is 1. The van der Waals surface area contributed by atoms with Gasteiger partial charge in [-0.1, -0.05) is 26.7 Å². The van der Waals surface area contributed by atoms with Gasteiger partial charge in [-0.05, 0) is 36.5 Å². The van der Waals surface area contributed by atoms with E-state index in [0.717, 1.165) is 37.5 Å². The largest absolute Gasteiger partial charge is 0.457 e. The van der Waals surface area contributed by atoms with Crippen molar-refractivity contribution < 1.29 is 27.9 Å². The number of ketones is 1. The number of esters is 1. The lowest BCUT2D eigenvalue weighted by molar-refractivity contribution is -0.147. The van der Waals surface area contributed by atoms with Gasteiger partial charge >= 0.3 is 5.97 Å². The Bertz CT molecular complexity index is 782. The average molecular weight is 393 g/mol. The number of carbonyl (C=O) groups excluding carboxylic acids is 3. The van der Waals surface area contributed by atoms with Crippen molar-refractivity contribution in [3.63, 3.8) is 0 Å². The molecule has 3 rings (SSSR count). The predicted octanol–water partition coefficient (Wildman–Crippen LogP) is 3.36. The van der Waals surface area contributed by atoms with Crippen LogP contribution in [0.3, 0.4) is 0 Å². The average Bonchev–Trinajstić information content (AvgIpc) is 3.05. The van der Waals surface area contributed by atoms with Crippen molar-refractivity contribution in [2.45, 2.75) is 45.6 Å². The Kier molecular flexibility index (Phi) is 6.10. The minimum absolute atomic E-state index is 0.0557. The number of rotatable bonds is 5. The Labute approximate surface area is 163 Å². The van der Waals surface area contributed by atoms with Crippen LogP contribution in [0.1, 0.15) is 49.9 Å². The van der Waals surface area contributed by atoms with Crippen LogP contribution in [-0.2, 0) is 14.3 Å². The fourth-order valence-corrected chi connectivity index (χ4v) is 4.21. The molecule has 4 atom stereocenters. The number of nitrogens with zero attached hydrogens (tertiary/aromatic N) is 1. The van der Waals surface area contributed by atoms with Gasteiger partial charge in [0.15, 0.2) is 24.0 Å². The minimum Gasteiger partial charge on any atom is -0.457 e. The Morgan fingerprint density at radius 3 is 2.64 bits per heavy atom. The number of amides is 1. The highest BCUT2D eigenvalue weighted by Crippen LogP contribution is 2.35. The van der Waals surface area contributed by atoms with Gasteiger partial charge < -0.3 is 9.64 Å². The zero-order chi connectivity index (χ0) is 20.4. The third-order valence-electron chi connectivity index (χ3n) is 6.14. The molecule has 152 valence electrons. The van der Waals surface area contributed by atoms with E-state index in [-0.39, 0.29) is 23.9 Å². The van der Waals surface area contributed by atoms with Crippen molar-refractivity contribution in [3.8, 4) is 0 Å². The lowest BCUT2D eigenvalue weighted by Gasteiger charge is -2.39. The molecular formula is C21H25F2NO4. The van der Waals surface area contributed by atoms with Gasteiger partial charge in [0, 0.05) is 24.6 Å². The lowest BCUT2D eigenvalue weighted by Crippen LogP contribution is -2.45. The molecule has 7 heteroatoms. The van der Waals surface area contributed by atoms with Crippen LogP contribution in [0.2, 0.25) is 0 Å². The number of likely N-dealkylation sites (tertiary alicyclic amines) is 1. The van der Waals surface area contributed by atoms with Gasteiger partial charge in [0.25, 0.3) is 0 Å². The van der Waals surface area contributed by atoms with Crippen molar-refractivity contribution in [2.75, 3.05) is 13.2 Å². The molecule has 1 aromatic carbocycles. The maximum Gasteiger partial charge on any atom is 0.311 e. The number of benzene rings is 1. The molecule has 0 bridgehead atoms. The van der Waals surface area contributed by atoms with Gasteiger partial charge in [-0.2, -0.15) is 0 Å². The summed E-state index contributed by atoms with van der Waals surface area (Å²) in [6.07, 6.45) is 3.23. The van der Waals surface area contributed by atoms with Crippen molar-refractivity contribution in [1.29, 1.82) is 0 Å². The molecule has 1 aromatic rings. The second-order valence-electron chi connectivity index (χ2n) is 7.94. The Balaban J connectivity index is 1.55. The summed E-state index contributed by atoms with van der Waals surface area (Å²) in [4.78, 5) is 38.6. The minimum atomic E-state index is -1.13. The molecule has 5 nitrogen and oxygen atoms in total. The van der Waals surface area contributed by atoms with E-state index < -0.39 is 35.9 Å². The quantitative estimate of drug-likeness (QED) is 0.568. The summed E-state index contributed by atoms with van der Waals surface area (Å²) in [5.41, 5.74) is -0.0687. The van der Waals surface area contributed by atoms with E-state index in [1.165, 1.54) is 0 Å². The van der Waals surface area contributed by atoms with Crippen molar-refractivity contribution >= 4 is 17.7 Å². The maximum absolute atomic E-state index is 13.2. The Morgan fingerprint density at radius 2 is 1.93 bits per heavy atom. The molecule has 1 saturated carbocycles. The van der Waals surface area contributed by atoms with Crippen LogP contribution in [0.4, 0.5) is 8.78 Å². The summed E-state index contributed by atoms with van der Waals surface area (Å²) in [6.45, 7) is 4.07. The normalized spacial score (nSPS) is 27.7. The van der Waals surface area contributed by atoms with E-state index in [2.05, 4.69) is 13.8 Å². The fourth-order valence-electron chi connectivity index (χ4n) is 4.21. The number of carbonyl (C=O) groups is 3. The third-order valence-corrected chi connectivity index (χ3v) is 6.14. The number of hydrogen-bond donors (Lipinski definition) is 0. The number of hydrogen-bond acceptors (Lipinski definition) is 4. The summed E-state index contributed by atoms with van der Waals surface area (Å²) in [7, 11) is 0. The van der Waals surface area contributed by atoms with Crippen LogP contribution in [0.15, 0.2) is 18.2 Å². The van der Waals surface area contributed by atoms with Crippen LogP contribution in [0, 0.1) is 29.4 Å². The second-order valence-corrected chi connectivity index (χ2v) is 7.94. The summed E-state index contributed by atoms with van der Waals surface area (Å²) >= 11 is 0. The summed E-state index contributed by atoms with van der Waals surface area (Å²) in [6, 6.07) is 2.90. The van der Waals surface area contributed by atoms with E-state index in [1.54, 1.807) is 4.90 Å². The molecule has 2 aliphatic rings. The molecule has 0 unspecified atom stereocenters. The first kappa shape index (κ1) is 20.4. The smallest absolute Gasteiger partial charge is 0.311 e. The zero-order valence-electron chi connectivity index (χ0n) is 16.1. The number of halogens is 2. The van der Waals surface area contributed by atoms with Gasteiger partial charge in [0.2, 0.25) is 5.91 Å². The fraction of sp³-hybridized carbons (Fsp3) is 0.571. The summed E-state index contributed by atoms with van der Waals surface area (Å²) in [5, 5.41) is 0. The molecule has 1 aliphatic carbocycles. The summed E-state index contributed by atoms with van der Waals surface area (Å²) < 4.78 is 31.2. The van der Waals surface area contributed by atoms with Gasteiger partial charge in [-0.3, -0.25) is 14.4 Å². The molecule has 1 amide bonds. The molecule has 0 spiro atoms. The van der Waals surface area contributed by atoms with Crippen molar-refractivity contribution in [1.82, 2.24) is 4.90 Å². The maximum atomic E-state index is 13.2.